The van der Waals surface area contributed by atoms with Crippen LogP contribution in [0.5, 0.6) is 23.1 Å². The monoisotopic (exact) mass is 643 g/mol. The van der Waals surface area contributed by atoms with E-state index in [1.165, 1.54) is 19.2 Å². The zero-order valence-corrected chi connectivity index (χ0v) is 26.5. The van der Waals surface area contributed by atoms with E-state index in [-0.39, 0.29) is 41.0 Å². The lowest BCUT2D eigenvalue weighted by atomic mass is 9.87. The number of sulfonamides is 1. The van der Waals surface area contributed by atoms with E-state index in [1.807, 2.05) is 51.1 Å². The topological polar surface area (TPSA) is 151 Å². The molecule has 0 atom stereocenters. The Morgan fingerprint density at radius 2 is 1.63 bits per heavy atom. The van der Waals surface area contributed by atoms with E-state index in [1.54, 1.807) is 42.5 Å². The third-order valence-electron chi connectivity index (χ3n) is 6.68. The highest BCUT2D eigenvalue weighted by atomic mass is 32.2. The van der Waals surface area contributed by atoms with Crippen molar-refractivity contribution in [2.24, 2.45) is 0 Å². The normalized spacial score (nSPS) is 11.5. The molecule has 5 aromatic rings. The zero-order valence-electron chi connectivity index (χ0n) is 25.7. The van der Waals surface area contributed by atoms with E-state index in [2.05, 4.69) is 25.0 Å². The van der Waals surface area contributed by atoms with E-state index in [9.17, 15) is 13.2 Å². The van der Waals surface area contributed by atoms with E-state index < -0.39 is 16.1 Å². The maximum atomic E-state index is 13.4. The van der Waals surface area contributed by atoms with Gasteiger partial charge in [0.05, 0.1) is 17.5 Å². The minimum Gasteiger partial charge on any atom is -0.497 e. The number of fused-ring (bicyclic) bond motifs is 1. The van der Waals surface area contributed by atoms with Crippen molar-refractivity contribution in [3.05, 3.63) is 96.8 Å². The van der Waals surface area contributed by atoms with Gasteiger partial charge in [-0.15, -0.1) is 0 Å². The smallest absolute Gasteiger partial charge is 0.412 e. The summed E-state index contributed by atoms with van der Waals surface area (Å²) in [7, 11) is -2.57. The molecule has 0 saturated heterocycles. The average molecular weight is 644 g/mol. The number of nitrogens with one attached hydrogen (secondary N) is 2. The number of anilines is 2. The number of pyridine rings is 1. The Morgan fingerprint density at radius 1 is 0.870 bits per heavy atom. The van der Waals surface area contributed by atoms with Gasteiger partial charge in [-0.1, -0.05) is 57.2 Å². The van der Waals surface area contributed by atoms with Gasteiger partial charge in [0.2, 0.25) is 5.75 Å². The zero-order chi connectivity index (χ0) is 32.7. The number of methoxy groups -OCH3 is 1. The van der Waals surface area contributed by atoms with Gasteiger partial charge in [0, 0.05) is 11.5 Å². The number of carbonyl (C=O) groups excluding carboxylic acids is 1. The van der Waals surface area contributed by atoms with Crippen LogP contribution in [0.1, 0.15) is 26.3 Å². The summed E-state index contributed by atoms with van der Waals surface area (Å²) in [5, 5.41) is 3.52. The molecule has 12 nitrogen and oxygen atoms in total. The number of para-hydroxylation sites is 1. The van der Waals surface area contributed by atoms with Crippen molar-refractivity contribution in [2.75, 3.05) is 30.4 Å². The Kier molecular flexibility index (Phi) is 9.52. The highest BCUT2D eigenvalue weighted by Crippen LogP contribution is 2.37. The fourth-order valence-electron chi connectivity index (χ4n) is 4.28. The van der Waals surface area contributed by atoms with E-state index in [4.69, 9.17) is 18.9 Å². The Labute approximate surface area is 266 Å². The fourth-order valence-corrected chi connectivity index (χ4v) is 5.29. The molecular formula is C33H33N5O7S. The summed E-state index contributed by atoms with van der Waals surface area (Å²) in [4.78, 5) is 25.1. The summed E-state index contributed by atoms with van der Waals surface area (Å²) in [5.74, 6) is 0.813. The van der Waals surface area contributed by atoms with Crippen LogP contribution >= 0.6 is 0 Å². The summed E-state index contributed by atoms with van der Waals surface area (Å²) in [6.45, 7) is 5.82. The molecule has 0 spiro atoms. The van der Waals surface area contributed by atoms with E-state index >= 15 is 0 Å². The molecule has 238 valence electrons. The lowest BCUT2D eigenvalue weighted by Gasteiger charge is -2.19. The van der Waals surface area contributed by atoms with Crippen LogP contribution in [0.25, 0.3) is 10.9 Å². The number of carbonyl (C=O) groups is 1. The molecule has 0 aliphatic heterocycles. The summed E-state index contributed by atoms with van der Waals surface area (Å²) in [6, 6.07) is 24.3. The summed E-state index contributed by atoms with van der Waals surface area (Å²) >= 11 is 0. The average Bonchev–Trinajstić information content (AvgIpc) is 3.04. The first-order valence-electron chi connectivity index (χ1n) is 14.2. The van der Waals surface area contributed by atoms with Crippen LogP contribution in [-0.4, -0.2) is 49.8 Å². The molecule has 13 heteroatoms. The standard InChI is InChI=1S/C33H33N5O7S/c1-33(2,3)23-13-15-26(16-14-23)46(40,41)38-30-29(45-25-10-7-9-24(20-25)42-4)31(35-21-34-30)43-18-19-44-32(39)37-28-17-12-22-8-5-6-11-27(22)36-28/h5-17,20-21H,18-19H2,1-4H3,(H,34,35,38)(H,36,37,39). The molecule has 1 amide bonds. The minimum atomic E-state index is -4.08. The lowest BCUT2D eigenvalue weighted by Crippen LogP contribution is -2.19. The first-order chi connectivity index (χ1) is 22.0. The van der Waals surface area contributed by atoms with E-state index in [0.717, 1.165) is 22.8 Å². The lowest BCUT2D eigenvalue weighted by molar-refractivity contribution is 0.135. The predicted octanol–water partition coefficient (Wildman–Crippen LogP) is 6.55. The molecule has 46 heavy (non-hydrogen) atoms. The third-order valence-corrected chi connectivity index (χ3v) is 8.03. The number of aromatic nitrogens is 3. The van der Waals surface area contributed by atoms with Gasteiger partial charge in [0.1, 0.15) is 36.9 Å². The summed E-state index contributed by atoms with van der Waals surface area (Å²) in [6.07, 6.45) is 0.403. The maximum absolute atomic E-state index is 13.4. The van der Waals surface area contributed by atoms with Crippen LogP contribution in [0, 0.1) is 0 Å². The van der Waals surface area contributed by atoms with E-state index in [0.29, 0.717) is 17.3 Å². The van der Waals surface area contributed by atoms with Crippen LogP contribution in [-0.2, 0) is 20.2 Å². The molecule has 2 heterocycles. The van der Waals surface area contributed by atoms with Crippen molar-refractivity contribution in [2.45, 2.75) is 31.1 Å². The first kappa shape index (κ1) is 32.0. The van der Waals surface area contributed by atoms with Crippen molar-refractivity contribution in [3.63, 3.8) is 0 Å². The Balaban J connectivity index is 1.31. The van der Waals surface area contributed by atoms with Crippen LogP contribution < -0.4 is 24.2 Å². The van der Waals surface area contributed by atoms with Gasteiger partial charge in [-0.25, -0.2) is 23.2 Å². The molecule has 2 N–H and O–H groups in total. The molecule has 0 fully saturated rings. The second-order valence-corrected chi connectivity index (χ2v) is 12.7. The third kappa shape index (κ3) is 7.99. The van der Waals surface area contributed by atoms with Gasteiger partial charge in [-0.05, 0) is 53.4 Å². The minimum absolute atomic E-state index is 0.0363. The van der Waals surface area contributed by atoms with Crippen molar-refractivity contribution in [1.82, 2.24) is 15.0 Å². The largest absolute Gasteiger partial charge is 0.497 e. The molecule has 5 rings (SSSR count). The predicted molar refractivity (Wildman–Crippen MR) is 173 cm³/mol. The van der Waals surface area contributed by atoms with Crippen molar-refractivity contribution < 1.29 is 32.2 Å². The van der Waals surface area contributed by atoms with Crippen LogP contribution in [0.2, 0.25) is 0 Å². The van der Waals surface area contributed by atoms with Gasteiger partial charge in [0.15, 0.2) is 5.82 Å². The molecule has 0 aliphatic carbocycles. The molecule has 0 saturated carbocycles. The molecule has 0 unspecified atom stereocenters. The van der Waals surface area contributed by atoms with Crippen LogP contribution in [0.4, 0.5) is 16.4 Å². The van der Waals surface area contributed by atoms with Gasteiger partial charge < -0.3 is 18.9 Å². The Morgan fingerprint density at radius 3 is 2.39 bits per heavy atom. The number of nitrogens with zero attached hydrogens (tertiary/aromatic N) is 3. The number of amides is 1. The van der Waals surface area contributed by atoms with Crippen LogP contribution in [0.3, 0.4) is 0 Å². The second-order valence-electron chi connectivity index (χ2n) is 11.0. The SMILES string of the molecule is COc1cccc(Oc2c(NS(=O)(=O)c3ccc(C(C)(C)C)cc3)ncnc2OCCOC(=O)Nc2ccc3ccccc3n2)c1. The van der Waals surface area contributed by atoms with Crippen molar-refractivity contribution >= 4 is 38.7 Å². The quantitative estimate of drug-likeness (QED) is 0.152. The highest BCUT2D eigenvalue weighted by molar-refractivity contribution is 7.92. The van der Waals surface area contributed by atoms with Gasteiger partial charge in [-0.3, -0.25) is 10.0 Å². The molecule has 3 aromatic carbocycles. The molecule has 0 radical (unpaired) electrons. The number of benzene rings is 3. The fraction of sp³-hybridized carbons (Fsp3) is 0.212. The number of ether oxygens (including phenoxy) is 4. The molecule has 2 aromatic heterocycles. The van der Waals surface area contributed by atoms with Crippen LogP contribution in [0.15, 0.2) is 96.2 Å². The number of hydrogen-bond acceptors (Lipinski definition) is 10. The highest BCUT2D eigenvalue weighted by Gasteiger charge is 2.23. The second kappa shape index (κ2) is 13.7. The maximum Gasteiger partial charge on any atom is 0.412 e. The van der Waals surface area contributed by atoms with Gasteiger partial charge in [-0.2, -0.15) is 4.98 Å². The molecule has 0 bridgehead atoms. The first-order valence-corrected chi connectivity index (χ1v) is 15.7. The Bertz CT molecular complexity index is 1950. The molecule has 0 aliphatic rings. The summed E-state index contributed by atoms with van der Waals surface area (Å²) < 4.78 is 51.6. The number of rotatable bonds is 11. The van der Waals surface area contributed by atoms with Gasteiger partial charge >= 0.3 is 6.09 Å². The Hall–Kier alpha value is -5.43. The molecular weight excluding hydrogens is 610 g/mol. The summed E-state index contributed by atoms with van der Waals surface area (Å²) in [5.41, 5.74) is 1.56. The van der Waals surface area contributed by atoms with Crippen molar-refractivity contribution in [1.29, 1.82) is 0 Å². The van der Waals surface area contributed by atoms with Crippen molar-refractivity contribution in [3.8, 4) is 23.1 Å². The van der Waals surface area contributed by atoms with Gasteiger partial charge in [0.25, 0.3) is 15.9 Å². The number of hydrogen-bond donors (Lipinski definition) is 2.